The molecule has 0 radical (unpaired) electrons. The highest BCUT2D eigenvalue weighted by Gasteiger charge is 2.34. The van der Waals surface area contributed by atoms with Crippen molar-refractivity contribution in [2.75, 3.05) is 31.7 Å². The minimum atomic E-state index is -0.456. The Hall–Kier alpha value is -1.88. The number of hydrogen-bond acceptors (Lipinski definition) is 3. The van der Waals surface area contributed by atoms with Gasteiger partial charge < -0.3 is 14.5 Å². The predicted octanol–water partition coefficient (Wildman–Crippen LogP) is 1.51. The van der Waals surface area contributed by atoms with Gasteiger partial charge in [-0.05, 0) is 44.0 Å². The Morgan fingerprint density at radius 3 is 2.43 bits per heavy atom. The third kappa shape index (κ3) is 3.24. The van der Waals surface area contributed by atoms with Crippen LogP contribution in [-0.2, 0) is 14.3 Å². The molecule has 1 atom stereocenters. The molecule has 21 heavy (non-hydrogen) atoms. The highest BCUT2D eigenvalue weighted by molar-refractivity contribution is 6.00. The molecule has 1 aromatic rings. The normalized spacial score (nSPS) is 19.0. The van der Waals surface area contributed by atoms with Gasteiger partial charge in [0, 0.05) is 25.9 Å². The fourth-order valence-corrected chi connectivity index (χ4v) is 2.78. The molecule has 1 aliphatic heterocycles. The quantitative estimate of drug-likeness (QED) is 0.848. The lowest BCUT2D eigenvalue weighted by molar-refractivity contribution is -0.143. The number of benzene rings is 1. The van der Waals surface area contributed by atoms with E-state index in [-0.39, 0.29) is 18.4 Å². The lowest BCUT2D eigenvalue weighted by atomic mass is 10.1. The standard InChI is InChI=1S/C16H22N2O3/c1-11-7-12(2)9-14(8-11)18-6-5-17(13(3)16(18)20)15(19)10-21-4/h7-9,13H,5-6,10H2,1-4H3. The molecule has 114 valence electrons. The summed E-state index contributed by atoms with van der Waals surface area (Å²) in [5.41, 5.74) is 3.16. The van der Waals surface area contributed by atoms with E-state index in [1.54, 1.807) is 16.7 Å². The Bertz CT molecular complexity index is 536. The molecule has 1 saturated heterocycles. The molecule has 1 heterocycles. The molecule has 5 heteroatoms. The van der Waals surface area contributed by atoms with Crippen molar-refractivity contribution in [3.8, 4) is 0 Å². The first-order valence-electron chi connectivity index (χ1n) is 7.12. The van der Waals surface area contributed by atoms with Crippen molar-refractivity contribution in [1.29, 1.82) is 0 Å². The van der Waals surface area contributed by atoms with Crippen LogP contribution in [0.4, 0.5) is 5.69 Å². The van der Waals surface area contributed by atoms with Crippen LogP contribution < -0.4 is 4.90 Å². The molecule has 0 spiro atoms. The van der Waals surface area contributed by atoms with E-state index >= 15 is 0 Å². The van der Waals surface area contributed by atoms with Crippen LogP contribution in [0.2, 0.25) is 0 Å². The zero-order valence-corrected chi connectivity index (χ0v) is 13.0. The van der Waals surface area contributed by atoms with Crippen molar-refractivity contribution in [3.05, 3.63) is 29.3 Å². The molecule has 0 saturated carbocycles. The summed E-state index contributed by atoms with van der Waals surface area (Å²) in [5.74, 6) is -0.186. The van der Waals surface area contributed by atoms with Crippen LogP contribution in [-0.4, -0.2) is 49.6 Å². The largest absolute Gasteiger partial charge is 0.375 e. The highest BCUT2D eigenvalue weighted by Crippen LogP contribution is 2.23. The molecule has 2 rings (SSSR count). The average Bonchev–Trinajstić information content (AvgIpc) is 2.40. The van der Waals surface area contributed by atoms with E-state index in [0.29, 0.717) is 13.1 Å². The van der Waals surface area contributed by atoms with Gasteiger partial charge in [-0.3, -0.25) is 9.59 Å². The number of anilines is 1. The van der Waals surface area contributed by atoms with Crippen molar-refractivity contribution < 1.29 is 14.3 Å². The molecule has 5 nitrogen and oxygen atoms in total. The number of aryl methyl sites for hydroxylation is 2. The molecule has 0 aliphatic carbocycles. The molecule has 1 aromatic carbocycles. The number of hydrogen-bond donors (Lipinski definition) is 0. The number of carbonyl (C=O) groups is 2. The summed E-state index contributed by atoms with van der Waals surface area (Å²) in [6.07, 6.45) is 0. The van der Waals surface area contributed by atoms with Gasteiger partial charge in [-0.1, -0.05) is 6.07 Å². The predicted molar refractivity (Wildman–Crippen MR) is 81.3 cm³/mol. The summed E-state index contributed by atoms with van der Waals surface area (Å²) in [6, 6.07) is 5.63. The van der Waals surface area contributed by atoms with E-state index in [4.69, 9.17) is 4.74 Å². The average molecular weight is 290 g/mol. The first-order valence-corrected chi connectivity index (χ1v) is 7.12. The molecule has 2 amide bonds. The number of amides is 2. The van der Waals surface area contributed by atoms with Crippen LogP contribution in [0.25, 0.3) is 0 Å². The fourth-order valence-electron chi connectivity index (χ4n) is 2.78. The molecule has 0 aromatic heterocycles. The summed E-state index contributed by atoms with van der Waals surface area (Å²) in [7, 11) is 1.48. The number of nitrogens with zero attached hydrogens (tertiary/aromatic N) is 2. The number of piperazine rings is 1. The molecule has 1 unspecified atom stereocenters. The lowest BCUT2D eigenvalue weighted by Crippen LogP contribution is -2.58. The maximum atomic E-state index is 12.6. The maximum absolute atomic E-state index is 12.6. The molecule has 1 aliphatic rings. The van der Waals surface area contributed by atoms with Gasteiger partial charge in [0.05, 0.1) is 0 Å². The van der Waals surface area contributed by atoms with Crippen LogP contribution in [0, 0.1) is 13.8 Å². The van der Waals surface area contributed by atoms with Crippen LogP contribution in [0.1, 0.15) is 18.1 Å². The first-order chi connectivity index (χ1) is 9.93. The number of methoxy groups -OCH3 is 1. The number of carbonyl (C=O) groups excluding carboxylic acids is 2. The Kier molecular flexibility index (Phi) is 4.63. The van der Waals surface area contributed by atoms with E-state index in [2.05, 4.69) is 6.07 Å². The van der Waals surface area contributed by atoms with Gasteiger partial charge in [-0.2, -0.15) is 0 Å². The zero-order chi connectivity index (χ0) is 15.6. The van der Waals surface area contributed by atoms with Gasteiger partial charge in [-0.25, -0.2) is 0 Å². The summed E-state index contributed by atoms with van der Waals surface area (Å²) >= 11 is 0. The number of ether oxygens (including phenoxy) is 1. The monoisotopic (exact) mass is 290 g/mol. The van der Waals surface area contributed by atoms with Crippen LogP contribution >= 0.6 is 0 Å². The Morgan fingerprint density at radius 1 is 1.24 bits per heavy atom. The van der Waals surface area contributed by atoms with Crippen molar-refractivity contribution in [1.82, 2.24) is 4.90 Å². The van der Waals surface area contributed by atoms with E-state index in [1.165, 1.54) is 7.11 Å². The van der Waals surface area contributed by atoms with Crippen molar-refractivity contribution >= 4 is 17.5 Å². The van der Waals surface area contributed by atoms with Crippen LogP contribution in [0.3, 0.4) is 0 Å². The number of rotatable bonds is 3. The zero-order valence-electron chi connectivity index (χ0n) is 13.0. The minimum Gasteiger partial charge on any atom is -0.375 e. The summed E-state index contributed by atoms with van der Waals surface area (Å²) < 4.78 is 4.87. The van der Waals surface area contributed by atoms with Gasteiger partial charge in [0.25, 0.3) is 0 Å². The molecular formula is C16H22N2O3. The lowest BCUT2D eigenvalue weighted by Gasteiger charge is -2.39. The van der Waals surface area contributed by atoms with Gasteiger partial charge >= 0.3 is 0 Å². The van der Waals surface area contributed by atoms with Gasteiger partial charge in [-0.15, -0.1) is 0 Å². The van der Waals surface area contributed by atoms with Gasteiger partial charge in [0.1, 0.15) is 12.6 Å². The molecule has 0 bridgehead atoms. The Morgan fingerprint density at radius 2 is 1.86 bits per heavy atom. The van der Waals surface area contributed by atoms with E-state index < -0.39 is 6.04 Å². The van der Waals surface area contributed by atoms with Crippen molar-refractivity contribution in [2.24, 2.45) is 0 Å². The first kappa shape index (κ1) is 15.5. The molecule has 0 N–H and O–H groups in total. The maximum Gasteiger partial charge on any atom is 0.249 e. The Labute approximate surface area is 125 Å². The van der Waals surface area contributed by atoms with E-state index in [1.807, 2.05) is 26.0 Å². The summed E-state index contributed by atoms with van der Waals surface area (Å²) in [4.78, 5) is 27.8. The van der Waals surface area contributed by atoms with E-state index in [0.717, 1.165) is 16.8 Å². The topological polar surface area (TPSA) is 49.9 Å². The second kappa shape index (κ2) is 6.26. The third-order valence-electron chi connectivity index (χ3n) is 3.76. The fraction of sp³-hybridized carbons (Fsp3) is 0.500. The van der Waals surface area contributed by atoms with E-state index in [9.17, 15) is 9.59 Å². The smallest absolute Gasteiger partial charge is 0.249 e. The SMILES string of the molecule is COCC(=O)N1CCN(c2cc(C)cc(C)c2)C(=O)C1C. The molecular weight excluding hydrogens is 268 g/mol. The summed E-state index contributed by atoms with van der Waals surface area (Å²) in [6.45, 7) is 6.86. The minimum absolute atomic E-state index is 0.0151. The van der Waals surface area contributed by atoms with Crippen LogP contribution in [0.15, 0.2) is 18.2 Å². The van der Waals surface area contributed by atoms with Gasteiger partial charge in [0.15, 0.2) is 0 Å². The van der Waals surface area contributed by atoms with Crippen molar-refractivity contribution in [3.63, 3.8) is 0 Å². The van der Waals surface area contributed by atoms with Gasteiger partial charge in [0.2, 0.25) is 11.8 Å². The molecule has 1 fully saturated rings. The second-order valence-electron chi connectivity index (χ2n) is 5.53. The van der Waals surface area contributed by atoms with Crippen molar-refractivity contribution in [2.45, 2.75) is 26.8 Å². The Balaban J connectivity index is 2.19. The van der Waals surface area contributed by atoms with Crippen LogP contribution in [0.5, 0.6) is 0 Å². The summed E-state index contributed by atoms with van der Waals surface area (Å²) in [5, 5.41) is 0. The highest BCUT2D eigenvalue weighted by atomic mass is 16.5. The second-order valence-corrected chi connectivity index (χ2v) is 5.53. The third-order valence-corrected chi connectivity index (χ3v) is 3.76.